The lowest BCUT2D eigenvalue weighted by molar-refractivity contribution is -0.384. The number of ketones is 1. The fourth-order valence-corrected chi connectivity index (χ4v) is 2.07. The zero-order valence-corrected chi connectivity index (χ0v) is 13.8. The smallest absolute Gasteiger partial charge is 0.307 e. The molecule has 134 valence electrons. The highest BCUT2D eigenvalue weighted by atomic mass is 16.6. The van der Waals surface area contributed by atoms with E-state index in [1.54, 1.807) is 18.2 Å². The summed E-state index contributed by atoms with van der Waals surface area (Å²) >= 11 is 0. The van der Waals surface area contributed by atoms with Crippen LogP contribution < -0.4 is 16.2 Å². The number of nitrogens with one attached hydrogen (secondary N) is 3. The molecule has 0 aromatic heterocycles. The molecule has 0 aliphatic carbocycles. The predicted octanol–water partition coefficient (Wildman–Crippen LogP) is 2.19. The van der Waals surface area contributed by atoms with Crippen LogP contribution in [0.25, 0.3) is 0 Å². The third-order valence-electron chi connectivity index (χ3n) is 3.35. The van der Waals surface area contributed by atoms with Gasteiger partial charge in [-0.2, -0.15) is 0 Å². The number of nitrogens with zero attached hydrogens (tertiary/aromatic N) is 1. The van der Waals surface area contributed by atoms with Gasteiger partial charge in [0.05, 0.1) is 11.3 Å². The molecule has 26 heavy (non-hydrogen) atoms. The SMILES string of the molecule is CC(=O)c1cccc(NC(=O)NNC(=O)Cc2ccc([N+](=O)[O-])cc2)c1. The third kappa shape index (κ3) is 5.41. The highest BCUT2D eigenvalue weighted by Gasteiger charge is 2.09. The quantitative estimate of drug-likeness (QED) is 0.429. The van der Waals surface area contributed by atoms with Gasteiger partial charge in [-0.1, -0.05) is 24.3 Å². The molecule has 2 rings (SSSR count). The van der Waals surface area contributed by atoms with Gasteiger partial charge in [0.1, 0.15) is 0 Å². The molecular weight excluding hydrogens is 340 g/mol. The Hall–Kier alpha value is -3.75. The molecule has 0 aliphatic heterocycles. The molecule has 0 saturated heterocycles. The Labute approximate surface area is 148 Å². The minimum Gasteiger partial charge on any atom is -0.307 e. The predicted molar refractivity (Wildman–Crippen MR) is 93.5 cm³/mol. The average molecular weight is 356 g/mol. The normalized spacial score (nSPS) is 9.88. The summed E-state index contributed by atoms with van der Waals surface area (Å²) in [5.74, 6) is -0.628. The number of rotatable bonds is 5. The maximum Gasteiger partial charge on any atom is 0.337 e. The second-order valence-corrected chi connectivity index (χ2v) is 5.36. The molecule has 9 nitrogen and oxygen atoms in total. The van der Waals surface area contributed by atoms with Crippen LogP contribution in [0.2, 0.25) is 0 Å². The summed E-state index contributed by atoms with van der Waals surface area (Å²) < 4.78 is 0. The van der Waals surface area contributed by atoms with E-state index in [0.29, 0.717) is 16.8 Å². The standard InChI is InChI=1S/C17H16N4O5/c1-11(22)13-3-2-4-14(10-13)18-17(24)20-19-16(23)9-12-5-7-15(8-6-12)21(25)26/h2-8,10H,9H2,1H3,(H,19,23)(H2,18,20,24). The second kappa shape index (κ2) is 8.38. The number of anilines is 1. The van der Waals surface area contributed by atoms with Gasteiger partial charge in [0.15, 0.2) is 5.78 Å². The van der Waals surface area contributed by atoms with Crippen LogP contribution in [0.5, 0.6) is 0 Å². The number of Topliss-reactive ketones (excluding diaryl/α,β-unsaturated/α-hetero) is 1. The number of carbonyl (C=O) groups excluding carboxylic acids is 3. The van der Waals surface area contributed by atoms with Crippen LogP contribution >= 0.6 is 0 Å². The van der Waals surface area contributed by atoms with E-state index in [-0.39, 0.29) is 17.9 Å². The van der Waals surface area contributed by atoms with Crippen LogP contribution in [0, 0.1) is 10.1 Å². The van der Waals surface area contributed by atoms with Gasteiger partial charge in [-0.3, -0.25) is 25.1 Å². The fraction of sp³-hybridized carbons (Fsp3) is 0.118. The molecule has 0 unspecified atom stereocenters. The minimum atomic E-state index is -0.678. The number of hydrogen-bond acceptors (Lipinski definition) is 5. The van der Waals surface area contributed by atoms with Gasteiger partial charge in [-0.15, -0.1) is 0 Å². The average Bonchev–Trinajstić information content (AvgIpc) is 2.60. The summed E-state index contributed by atoms with van der Waals surface area (Å²) in [4.78, 5) is 44.9. The van der Waals surface area contributed by atoms with E-state index in [9.17, 15) is 24.5 Å². The number of benzene rings is 2. The van der Waals surface area contributed by atoms with E-state index in [1.165, 1.54) is 37.3 Å². The molecule has 3 N–H and O–H groups in total. The van der Waals surface area contributed by atoms with Crippen LogP contribution in [0.3, 0.4) is 0 Å². The van der Waals surface area contributed by atoms with E-state index >= 15 is 0 Å². The Morgan fingerprint density at radius 1 is 1.04 bits per heavy atom. The van der Waals surface area contributed by atoms with Crippen molar-refractivity contribution in [2.45, 2.75) is 13.3 Å². The highest BCUT2D eigenvalue weighted by Crippen LogP contribution is 2.12. The largest absolute Gasteiger partial charge is 0.337 e. The zero-order valence-electron chi connectivity index (χ0n) is 13.8. The molecule has 0 atom stereocenters. The number of hydrogen-bond donors (Lipinski definition) is 3. The van der Waals surface area contributed by atoms with Gasteiger partial charge in [0.25, 0.3) is 5.69 Å². The first-order valence-electron chi connectivity index (χ1n) is 7.55. The minimum absolute atomic E-state index is 0.0574. The van der Waals surface area contributed by atoms with Crippen molar-refractivity contribution in [2.75, 3.05) is 5.32 Å². The number of nitro groups is 1. The lowest BCUT2D eigenvalue weighted by Gasteiger charge is -2.09. The van der Waals surface area contributed by atoms with Crippen molar-refractivity contribution in [1.82, 2.24) is 10.9 Å². The maximum absolute atomic E-state index is 11.8. The van der Waals surface area contributed by atoms with E-state index in [1.807, 2.05) is 0 Å². The van der Waals surface area contributed by atoms with Gasteiger partial charge in [0, 0.05) is 23.4 Å². The molecule has 0 radical (unpaired) electrons. The Morgan fingerprint density at radius 2 is 1.73 bits per heavy atom. The summed E-state index contributed by atoms with van der Waals surface area (Å²) in [5, 5.41) is 13.1. The van der Waals surface area contributed by atoms with Gasteiger partial charge in [-0.25, -0.2) is 10.2 Å². The third-order valence-corrected chi connectivity index (χ3v) is 3.35. The van der Waals surface area contributed by atoms with Crippen molar-refractivity contribution in [3.63, 3.8) is 0 Å². The fourth-order valence-electron chi connectivity index (χ4n) is 2.07. The number of non-ortho nitro benzene ring substituents is 1. The second-order valence-electron chi connectivity index (χ2n) is 5.36. The molecule has 0 bridgehead atoms. The molecular formula is C17H16N4O5. The van der Waals surface area contributed by atoms with Crippen LogP contribution in [-0.4, -0.2) is 22.6 Å². The van der Waals surface area contributed by atoms with Crippen LogP contribution in [0.4, 0.5) is 16.2 Å². The number of hydrazine groups is 1. The molecule has 3 amide bonds. The molecule has 0 aliphatic rings. The first-order chi connectivity index (χ1) is 12.3. The molecule has 2 aromatic rings. The monoisotopic (exact) mass is 356 g/mol. The lowest BCUT2D eigenvalue weighted by Crippen LogP contribution is -2.44. The number of nitro benzene ring substituents is 1. The Bertz CT molecular complexity index is 848. The van der Waals surface area contributed by atoms with Crippen molar-refractivity contribution in [3.8, 4) is 0 Å². The first kappa shape index (κ1) is 18.6. The number of carbonyl (C=O) groups is 3. The van der Waals surface area contributed by atoms with Gasteiger partial charge < -0.3 is 5.32 Å². The lowest BCUT2D eigenvalue weighted by atomic mass is 10.1. The van der Waals surface area contributed by atoms with E-state index in [2.05, 4.69) is 16.2 Å². The highest BCUT2D eigenvalue weighted by molar-refractivity contribution is 5.97. The molecule has 2 aromatic carbocycles. The van der Waals surface area contributed by atoms with E-state index in [4.69, 9.17) is 0 Å². The summed E-state index contributed by atoms with van der Waals surface area (Å²) in [7, 11) is 0. The molecule has 0 spiro atoms. The van der Waals surface area contributed by atoms with Gasteiger partial charge >= 0.3 is 6.03 Å². The van der Waals surface area contributed by atoms with E-state index in [0.717, 1.165) is 0 Å². The van der Waals surface area contributed by atoms with Crippen LogP contribution in [-0.2, 0) is 11.2 Å². The van der Waals surface area contributed by atoms with Crippen molar-refractivity contribution in [1.29, 1.82) is 0 Å². The van der Waals surface area contributed by atoms with Crippen LogP contribution in [0.15, 0.2) is 48.5 Å². The van der Waals surface area contributed by atoms with Gasteiger partial charge in [-0.05, 0) is 24.6 Å². The van der Waals surface area contributed by atoms with E-state index < -0.39 is 16.9 Å². The van der Waals surface area contributed by atoms with Crippen molar-refractivity contribution < 1.29 is 19.3 Å². The van der Waals surface area contributed by atoms with Gasteiger partial charge in [0.2, 0.25) is 5.91 Å². The summed E-state index contributed by atoms with van der Waals surface area (Å²) in [6.45, 7) is 1.41. The topological polar surface area (TPSA) is 130 Å². The Kier molecular flexibility index (Phi) is 5.99. The zero-order chi connectivity index (χ0) is 19.1. The number of urea groups is 1. The van der Waals surface area contributed by atoms with Crippen LogP contribution in [0.1, 0.15) is 22.8 Å². The summed E-state index contributed by atoms with van der Waals surface area (Å²) in [6, 6.07) is 11.2. The molecule has 9 heteroatoms. The summed E-state index contributed by atoms with van der Waals surface area (Å²) in [5.41, 5.74) is 5.75. The molecule has 0 heterocycles. The Morgan fingerprint density at radius 3 is 2.35 bits per heavy atom. The first-order valence-corrected chi connectivity index (χ1v) is 7.55. The Balaban J connectivity index is 1.83. The van der Waals surface area contributed by atoms with Crippen molar-refractivity contribution in [2.24, 2.45) is 0 Å². The summed E-state index contributed by atoms with van der Waals surface area (Å²) in [6.07, 6.45) is -0.0574. The molecule has 0 fully saturated rings. The maximum atomic E-state index is 11.8. The van der Waals surface area contributed by atoms with Crippen molar-refractivity contribution >= 4 is 29.1 Å². The molecule has 0 saturated carbocycles. The number of amides is 3. The van der Waals surface area contributed by atoms with Crippen molar-refractivity contribution in [3.05, 3.63) is 69.8 Å².